The topological polar surface area (TPSA) is 94.2 Å². The maximum absolute atomic E-state index is 13.4. The Morgan fingerprint density at radius 2 is 1.68 bits per heavy atom. The van der Waals surface area contributed by atoms with Crippen LogP contribution in [0.5, 0.6) is 5.75 Å². The van der Waals surface area contributed by atoms with Crippen molar-refractivity contribution >= 4 is 29.1 Å². The molecule has 40 heavy (non-hydrogen) atoms. The van der Waals surface area contributed by atoms with E-state index in [0.717, 1.165) is 75.3 Å². The molecule has 3 aliphatic rings. The lowest BCUT2D eigenvalue weighted by Gasteiger charge is -2.31. The minimum Gasteiger partial charge on any atom is -0.497 e. The van der Waals surface area contributed by atoms with E-state index in [-0.39, 0.29) is 30.1 Å². The Labute approximate surface area is 236 Å². The molecular formula is C31H41N5O4. The zero-order valence-corrected chi connectivity index (χ0v) is 23.5. The maximum Gasteiger partial charge on any atom is 0.253 e. The number of carbonyl (C=O) groups excluding carboxylic acids is 3. The molecule has 5 rings (SSSR count). The quantitative estimate of drug-likeness (QED) is 0.553. The number of nitrogens with zero attached hydrogens (tertiary/aromatic N) is 3. The predicted octanol–water partition coefficient (Wildman–Crippen LogP) is 3.15. The summed E-state index contributed by atoms with van der Waals surface area (Å²) in [6.07, 6.45) is 5.15. The summed E-state index contributed by atoms with van der Waals surface area (Å²) < 4.78 is 5.23. The highest BCUT2D eigenvalue weighted by atomic mass is 16.5. The van der Waals surface area contributed by atoms with E-state index in [2.05, 4.69) is 15.5 Å². The van der Waals surface area contributed by atoms with E-state index in [1.54, 1.807) is 7.11 Å². The van der Waals surface area contributed by atoms with Gasteiger partial charge in [0.15, 0.2) is 0 Å². The second kappa shape index (κ2) is 13.2. The average Bonchev–Trinajstić information content (AvgIpc) is 3.36. The fourth-order valence-electron chi connectivity index (χ4n) is 5.69. The molecule has 0 atom stereocenters. The van der Waals surface area contributed by atoms with Crippen molar-refractivity contribution < 1.29 is 19.1 Å². The first kappa shape index (κ1) is 28.0. The molecule has 2 aromatic carbocycles. The molecule has 0 radical (unpaired) electrons. The van der Waals surface area contributed by atoms with Crippen molar-refractivity contribution in [2.45, 2.75) is 38.5 Å². The molecule has 3 amide bonds. The number of rotatable bonds is 7. The first-order chi connectivity index (χ1) is 19.5. The van der Waals surface area contributed by atoms with Crippen LogP contribution < -0.4 is 20.3 Å². The van der Waals surface area contributed by atoms with Gasteiger partial charge < -0.3 is 30.1 Å². The third-order valence-corrected chi connectivity index (χ3v) is 8.27. The summed E-state index contributed by atoms with van der Waals surface area (Å²) in [7, 11) is 1.62. The van der Waals surface area contributed by atoms with Crippen LogP contribution in [0, 0.1) is 5.92 Å². The Hall–Kier alpha value is -3.59. The number of hydrogen-bond acceptors (Lipinski definition) is 6. The van der Waals surface area contributed by atoms with Gasteiger partial charge in [0.1, 0.15) is 5.75 Å². The molecule has 0 unspecified atom stereocenters. The highest BCUT2D eigenvalue weighted by Crippen LogP contribution is 2.31. The number of anilines is 2. The third kappa shape index (κ3) is 6.75. The molecule has 9 heteroatoms. The van der Waals surface area contributed by atoms with Crippen LogP contribution in [-0.4, -0.2) is 87.0 Å². The number of carbonyl (C=O) groups is 3. The SMILES string of the molecule is COc1ccc(CC(=O)Nc2cc(C(=O)N3CCCNCC3)ccc2N2CCCN(C(=O)C3CCC3)CC2)cc1. The predicted molar refractivity (Wildman–Crippen MR) is 156 cm³/mol. The van der Waals surface area contributed by atoms with Gasteiger partial charge in [-0.25, -0.2) is 0 Å². The molecule has 0 bridgehead atoms. The monoisotopic (exact) mass is 547 g/mol. The van der Waals surface area contributed by atoms with Crippen LogP contribution in [-0.2, 0) is 16.0 Å². The Morgan fingerprint density at radius 3 is 2.42 bits per heavy atom. The normalized spacial score (nSPS) is 18.4. The zero-order chi connectivity index (χ0) is 27.9. The molecule has 3 fully saturated rings. The van der Waals surface area contributed by atoms with Crippen LogP contribution in [0.1, 0.15) is 48.0 Å². The number of amides is 3. The summed E-state index contributed by atoms with van der Waals surface area (Å²) in [5.41, 5.74) is 2.97. The Kier molecular flexibility index (Phi) is 9.21. The second-order valence-corrected chi connectivity index (χ2v) is 11.0. The lowest BCUT2D eigenvalue weighted by molar-refractivity contribution is -0.137. The first-order valence-electron chi connectivity index (χ1n) is 14.6. The van der Waals surface area contributed by atoms with Gasteiger partial charge in [-0.2, -0.15) is 0 Å². The van der Waals surface area contributed by atoms with Crippen LogP contribution in [0.3, 0.4) is 0 Å². The lowest BCUT2D eigenvalue weighted by Crippen LogP contribution is -2.41. The standard InChI is InChI=1S/C31H41N5O4/c1-40-26-10-7-23(8-11-26)21-29(37)33-27-22-25(31(39)35-15-3-13-32-14-18-35)9-12-28(27)34-16-4-17-36(20-19-34)30(38)24-5-2-6-24/h7-12,22,24,32H,2-6,13-21H2,1H3,(H,33,37). The van der Waals surface area contributed by atoms with Crippen LogP contribution in [0.25, 0.3) is 0 Å². The molecule has 2 N–H and O–H groups in total. The highest BCUT2D eigenvalue weighted by Gasteiger charge is 2.31. The summed E-state index contributed by atoms with van der Waals surface area (Å²) in [5, 5.41) is 6.45. The highest BCUT2D eigenvalue weighted by molar-refractivity contribution is 6.00. The molecule has 0 aromatic heterocycles. The van der Waals surface area contributed by atoms with Gasteiger partial charge in [0.05, 0.1) is 24.9 Å². The number of methoxy groups -OCH3 is 1. The summed E-state index contributed by atoms with van der Waals surface area (Å²) in [5.74, 6) is 1.06. The number of ether oxygens (including phenoxy) is 1. The molecule has 2 saturated heterocycles. The van der Waals surface area contributed by atoms with Crippen molar-refractivity contribution in [1.82, 2.24) is 15.1 Å². The molecule has 9 nitrogen and oxygen atoms in total. The van der Waals surface area contributed by atoms with Crippen molar-refractivity contribution in [3.05, 3.63) is 53.6 Å². The summed E-state index contributed by atoms with van der Waals surface area (Å²) >= 11 is 0. The van der Waals surface area contributed by atoms with Crippen LogP contribution in [0.2, 0.25) is 0 Å². The van der Waals surface area contributed by atoms with Crippen LogP contribution in [0.4, 0.5) is 11.4 Å². The lowest BCUT2D eigenvalue weighted by atomic mass is 9.84. The van der Waals surface area contributed by atoms with E-state index in [0.29, 0.717) is 37.4 Å². The molecule has 2 aliphatic heterocycles. The summed E-state index contributed by atoms with van der Waals surface area (Å²) in [6.45, 7) is 5.94. The first-order valence-corrected chi connectivity index (χ1v) is 14.6. The van der Waals surface area contributed by atoms with Gasteiger partial charge in [-0.1, -0.05) is 18.6 Å². The Balaban J connectivity index is 1.35. The van der Waals surface area contributed by atoms with Gasteiger partial charge in [-0.15, -0.1) is 0 Å². The van der Waals surface area contributed by atoms with E-state index in [9.17, 15) is 14.4 Å². The van der Waals surface area contributed by atoms with E-state index >= 15 is 0 Å². The van der Waals surface area contributed by atoms with Crippen molar-refractivity contribution in [2.75, 3.05) is 69.7 Å². The average molecular weight is 548 g/mol. The molecule has 1 saturated carbocycles. The number of nitrogens with one attached hydrogen (secondary N) is 2. The molecule has 214 valence electrons. The van der Waals surface area contributed by atoms with Crippen LogP contribution in [0.15, 0.2) is 42.5 Å². The summed E-state index contributed by atoms with van der Waals surface area (Å²) in [6, 6.07) is 13.1. The van der Waals surface area contributed by atoms with Gasteiger partial charge in [0.2, 0.25) is 11.8 Å². The fraction of sp³-hybridized carbons (Fsp3) is 0.516. The van der Waals surface area contributed by atoms with Crippen molar-refractivity contribution in [1.29, 1.82) is 0 Å². The maximum atomic E-state index is 13.4. The molecular weight excluding hydrogens is 506 g/mol. The number of benzene rings is 2. The van der Waals surface area contributed by atoms with E-state index in [4.69, 9.17) is 4.74 Å². The van der Waals surface area contributed by atoms with Crippen molar-refractivity contribution in [3.63, 3.8) is 0 Å². The summed E-state index contributed by atoms with van der Waals surface area (Å²) in [4.78, 5) is 45.6. The largest absolute Gasteiger partial charge is 0.497 e. The van der Waals surface area contributed by atoms with E-state index in [1.807, 2.05) is 52.3 Å². The fourth-order valence-corrected chi connectivity index (χ4v) is 5.69. The third-order valence-electron chi connectivity index (χ3n) is 8.27. The zero-order valence-electron chi connectivity index (χ0n) is 23.5. The van der Waals surface area contributed by atoms with Gasteiger partial charge in [-0.05, 0) is 68.1 Å². The van der Waals surface area contributed by atoms with Crippen LogP contribution >= 0.6 is 0 Å². The van der Waals surface area contributed by atoms with Crippen molar-refractivity contribution in [2.24, 2.45) is 5.92 Å². The van der Waals surface area contributed by atoms with Gasteiger partial charge in [0.25, 0.3) is 5.91 Å². The smallest absolute Gasteiger partial charge is 0.253 e. The molecule has 2 heterocycles. The second-order valence-electron chi connectivity index (χ2n) is 11.0. The van der Waals surface area contributed by atoms with E-state index in [1.165, 1.54) is 0 Å². The van der Waals surface area contributed by atoms with Gasteiger partial charge >= 0.3 is 0 Å². The Bertz CT molecular complexity index is 1190. The Morgan fingerprint density at radius 1 is 0.875 bits per heavy atom. The van der Waals surface area contributed by atoms with E-state index < -0.39 is 0 Å². The number of hydrogen-bond donors (Lipinski definition) is 2. The van der Waals surface area contributed by atoms with Crippen molar-refractivity contribution in [3.8, 4) is 5.75 Å². The van der Waals surface area contributed by atoms with Gasteiger partial charge in [-0.3, -0.25) is 14.4 Å². The minimum absolute atomic E-state index is 0.0194. The molecule has 2 aromatic rings. The minimum atomic E-state index is -0.147. The molecule has 1 aliphatic carbocycles. The van der Waals surface area contributed by atoms with Gasteiger partial charge in [0, 0.05) is 57.3 Å². The molecule has 0 spiro atoms.